The number of hydrogen-bond acceptors (Lipinski definition) is 2. The van der Waals surface area contributed by atoms with E-state index in [0.717, 1.165) is 17.4 Å². The maximum Gasteiger partial charge on any atom is 0.0413 e. The molecule has 3 heteroatoms. The molecule has 1 N–H and O–H groups in total. The van der Waals surface area contributed by atoms with E-state index in [1.165, 1.54) is 18.5 Å². The van der Waals surface area contributed by atoms with Crippen LogP contribution in [0.1, 0.15) is 53.2 Å². The second-order valence-electron chi connectivity index (χ2n) is 6.46. The number of rotatable bonds is 6. The summed E-state index contributed by atoms with van der Waals surface area (Å²) >= 11 is 3.44. The fourth-order valence-corrected chi connectivity index (χ4v) is 2.39. The monoisotopic (exact) mass is 326 g/mol. The SMILES string of the molecule is CCC(CC)(CNC(C)(C)C)Cc1ccc(Br)cn1. The van der Waals surface area contributed by atoms with E-state index in [2.05, 4.69) is 73.0 Å². The highest BCUT2D eigenvalue weighted by Crippen LogP contribution is 2.30. The van der Waals surface area contributed by atoms with Gasteiger partial charge in [0.1, 0.15) is 0 Å². The van der Waals surface area contributed by atoms with Crippen molar-refractivity contribution in [2.45, 2.75) is 59.4 Å². The van der Waals surface area contributed by atoms with Crippen molar-refractivity contribution in [3.63, 3.8) is 0 Å². The lowest BCUT2D eigenvalue weighted by Gasteiger charge is -2.35. The summed E-state index contributed by atoms with van der Waals surface area (Å²) in [5.74, 6) is 0. The highest BCUT2D eigenvalue weighted by molar-refractivity contribution is 9.10. The van der Waals surface area contributed by atoms with Crippen LogP contribution in [0.3, 0.4) is 0 Å². The second kappa shape index (κ2) is 6.85. The third-order valence-electron chi connectivity index (χ3n) is 3.84. The van der Waals surface area contributed by atoms with Crippen LogP contribution in [-0.4, -0.2) is 17.1 Å². The maximum atomic E-state index is 4.53. The second-order valence-corrected chi connectivity index (χ2v) is 7.37. The van der Waals surface area contributed by atoms with Gasteiger partial charge in [-0.3, -0.25) is 4.98 Å². The largest absolute Gasteiger partial charge is 0.312 e. The van der Waals surface area contributed by atoms with E-state index in [9.17, 15) is 0 Å². The maximum absolute atomic E-state index is 4.53. The van der Waals surface area contributed by atoms with Gasteiger partial charge in [0.05, 0.1) is 0 Å². The Morgan fingerprint density at radius 2 is 1.79 bits per heavy atom. The molecule has 0 amide bonds. The Morgan fingerprint density at radius 1 is 1.16 bits per heavy atom. The molecule has 0 aromatic carbocycles. The predicted octanol–water partition coefficient (Wildman–Crippen LogP) is 4.58. The highest BCUT2D eigenvalue weighted by Gasteiger charge is 2.28. The predicted molar refractivity (Wildman–Crippen MR) is 86.4 cm³/mol. The smallest absolute Gasteiger partial charge is 0.0413 e. The van der Waals surface area contributed by atoms with Gasteiger partial charge in [0, 0.05) is 28.4 Å². The minimum absolute atomic E-state index is 0.169. The Bertz CT molecular complexity index is 375. The molecule has 1 aromatic heterocycles. The van der Waals surface area contributed by atoms with Gasteiger partial charge < -0.3 is 5.32 Å². The average Bonchev–Trinajstić information content (AvgIpc) is 2.36. The Morgan fingerprint density at radius 3 is 2.21 bits per heavy atom. The van der Waals surface area contributed by atoms with Crippen molar-refractivity contribution in [1.82, 2.24) is 10.3 Å². The molecule has 0 saturated carbocycles. The lowest BCUT2D eigenvalue weighted by molar-refractivity contribution is 0.218. The Labute approximate surface area is 126 Å². The lowest BCUT2D eigenvalue weighted by atomic mass is 9.77. The zero-order chi connectivity index (χ0) is 14.5. The summed E-state index contributed by atoms with van der Waals surface area (Å²) in [4.78, 5) is 4.53. The fraction of sp³-hybridized carbons (Fsp3) is 0.688. The summed E-state index contributed by atoms with van der Waals surface area (Å²) in [6.45, 7) is 12.3. The third kappa shape index (κ3) is 5.62. The molecule has 108 valence electrons. The van der Waals surface area contributed by atoms with Gasteiger partial charge >= 0.3 is 0 Å². The number of hydrogen-bond donors (Lipinski definition) is 1. The Kier molecular flexibility index (Phi) is 6.00. The molecule has 0 fully saturated rings. The van der Waals surface area contributed by atoms with E-state index in [4.69, 9.17) is 0 Å². The van der Waals surface area contributed by atoms with Crippen molar-refractivity contribution in [2.24, 2.45) is 5.41 Å². The molecule has 19 heavy (non-hydrogen) atoms. The molecule has 1 heterocycles. The lowest BCUT2D eigenvalue weighted by Crippen LogP contribution is -2.44. The molecule has 2 nitrogen and oxygen atoms in total. The molecule has 0 spiro atoms. The van der Waals surface area contributed by atoms with E-state index in [1.54, 1.807) is 0 Å². The minimum Gasteiger partial charge on any atom is -0.312 e. The zero-order valence-corrected chi connectivity index (χ0v) is 14.5. The van der Waals surface area contributed by atoms with Gasteiger partial charge in [-0.1, -0.05) is 13.8 Å². The van der Waals surface area contributed by atoms with Crippen molar-refractivity contribution in [2.75, 3.05) is 6.54 Å². The molecule has 0 bridgehead atoms. The van der Waals surface area contributed by atoms with E-state index in [-0.39, 0.29) is 5.54 Å². The minimum atomic E-state index is 0.169. The molecule has 0 aliphatic heterocycles. The molecular formula is C16H27BrN2. The number of aromatic nitrogens is 1. The topological polar surface area (TPSA) is 24.9 Å². The zero-order valence-electron chi connectivity index (χ0n) is 12.9. The first kappa shape index (κ1) is 16.6. The van der Waals surface area contributed by atoms with Crippen LogP contribution in [0.4, 0.5) is 0 Å². The first-order valence-electron chi connectivity index (χ1n) is 7.16. The standard InChI is InChI=1S/C16H27BrN2/c1-6-16(7-2,12-19-15(3,4)5)10-14-9-8-13(17)11-18-14/h8-9,11,19H,6-7,10,12H2,1-5H3. The molecule has 1 rings (SSSR count). The number of halogens is 1. The van der Waals surface area contributed by atoms with Crippen LogP contribution in [-0.2, 0) is 6.42 Å². The van der Waals surface area contributed by atoms with Gasteiger partial charge in [0.15, 0.2) is 0 Å². The molecule has 1 aromatic rings. The quantitative estimate of drug-likeness (QED) is 0.827. The third-order valence-corrected chi connectivity index (χ3v) is 4.31. The molecule has 0 unspecified atom stereocenters. The highest BCUT2D eigenvalue weighted by atomic mass is 79.9. The van der Waals surface area contributed by atoms with Crippen molar-refractivity contribution in [3.05, 3.63) is 28.5 Å². The van der Waals surface area contributed by atoms with Crippen molar-refractivity contribution < 1.29 is 0 Å². The van der Waals surface area contributed by atoms with Gasteiger partial charge in [0.25, 0.3) is 0 Å². The van der Waals surface area contributed by atoms with E-state index < -0.39 is 0 Å². The molecular weight excluding hydrogens is 300 g/mol. The number of nitrogens with one attached hydrogen (secondary N) is 1. The van der Waals surface area contributed by atoms with E-state index in [0.29, 0.717) is 5.41 Å². The van der Waals surface area contributed by atoms with Crippen molar-refractivity contribution >= 4 is 15.9 Å². The van der Waals surface area contributed by atoms with Crippen LogP contribution in [0.25, 0.3) is 0 Å². The van der Waals surface area contributed by atoms with Crippen LogP contribution in [0.5, 0.6) is 0 Å². The van der Waals surface area contributed by atoms with E-state index >= 15 is 0 Å². The van der Waals surface area contributed by atoms with Crippen molar-refractivity contribution in [1.29, 1.82) is 0 Å². The van der Waals surface area contributed by atoms with Crippen LogP contribution < -0.4 is 5.32 Å². The summed E-state index contributed by atoms with van der Waals surface area (Å²) in [5, 5.41) is 3.66. The molecule has 0 saturated heterocycles. The van der Waals surface area contributed by atoms with Gasteiger partial charge in [-0.25, -0.2) is 0 Å². The molecule has 0 aliphatic carbocycles. The average molecular weight is 327 g/mol. The summed E-state index contributed by atoms with van der Waals surface area (Å²) in [7, 11) is 0. The summed E-state index contributed by atoms with van der Waals surface area (Å²) in [6, 6.07) is 4.21. The molecule has 0 radical (unpaired) electrons. The first-order valence-corrected chi connectivity index (χ1v) is 7.95. The molecule has 0 aliphatic rings. The Balaban J connectivity index is 2.78. The fourth-order valence-electron chi connectivity index (χ4n) is 2.16. The van der Waals surface area contributed by atoms with E-state index in [1.807, 2.05) is 6.20 Å². The number of pyridine rings is 1. The van der Waals surface area contributed by atoms with Crippen molar-refractivity contribution in [3.8, 4) is 0 Å². The normalized spacial score (nSPS) is 12.7. The summed E-state index contributed by atoms with van der Waals surface area (Å²) in [5.41, 5.74) is 1.65. The number of nitrogens with zero attached hydrogens (tertiary/aromatic N) is 1. The van der Waals surface area contributed by atoms with Gasteiger partial charge in [0.2, 0.25) is 0 Å². The van der Waals surface area contributed by atoms with Crippen LogP contribution >= 0.6 is 15.9 Å². The van der Waals surface area contributed by atoms with Crippen LogP contribution in [0.2, 0.25) is 0 Å². The summed E-state index contributed by atoms with van der Waals surface area (Å²) < 4.78 is 1.04. The molecule has 0 atom stereocenters. The van der Waals surface area contributed by atoms with Crippen LogP contribution in [0.15, 0.2) is 22.8 Å². The summed E-state index contributed by atoms with van der Waals surface area (Å²) in [6.07, 6.45) is 5.27. The van der Waals surface area contributed by atoms with Gasteiger partial charge in [-0.2, -0.15) is 0 Å². The van der Waals surface area contributed by atoms with Crippen LogP contribution in [0, 0.1) is 5.41 Å². The van der Waals surface area contributed by atoms with Gasteiger partial charge in [-0.15, -0.1) is 0 Å². The van der Waals surface area contributed by atoms with Gasteiger partial charge in [-0.05, 0) is 73.5 Å². The first-order chi connectivity index (χ1) is 8.80. The Hall–Kier alpha value is -0.410.